The number of aromatic amines is 1. The van der Waals surface area contributed by atoms with Crippen molar-refractivity contribution in [1.82, 2.24) is 19.5 Å². The summed E-state index contributed by atoms with van der Waals surface area (Å²) >= 11 is 0. The third kappa shape index (κ3) is 1.31. The van der Waals surface area contributed by atoms with Crippen LogP contribution in [-0.2, 0) is 7.05 Å². The first kappa shape index (κ1) is 9.15. The Balaban J connectivity index is 2.23. The highest BCUT2D eigenvalue weighted by Crippen LogP contribution is 2.23. The highest BCUT2D eigenvalue weighted by Gasteiger charge is 2.06. The first-order valence-corrected chi connectivity index (χ1v) is 5.16. The second-order valence-corrected chi connectivity index (χ2v) is 3.99. The molecular formula is C12H12N4. The van der Waals surface area contributed by atoms with E-state index in [9.17, 15) is 0 Å². The Morgan fingerprint density at radius 3 is 2.88 bits per heavy atom. The van der Waals surface area contributed by atoms with Crippen molar-refractivity contribution in [2.45, 2.75) is 6.92 Å². The lowest BCUT2D eigenvalue weighted by atomic mass is 10.2. The standard InChI is InChI=1S/C12H12N4/c1-8-3-10-9(5-14-8)4-11(15-10)12-6-13-7-16(12)2/h3-7,15H,1-2H3. The number of pyridine rings is 1. The van der Waals surface area contributed by atoms with Crippen LogP contribution in [0.2, 0.25) is 0 Å². The molecule has 0 fully saturated rings. The van der Waals surface area contributed by atoms with Crippen LogP contribution in [0.1, 0.15) is 5.69 Å². The molecule has 0 aliphatic rings. The molecule has 0 spiro atoms. The van der Waals surface area contributed by atoms with Gasteiger partial charge in [-0.25, -0.2) is 4.98 Å². The first-order chi connectivity index (χ1) is 7.74. The minimum Gasteiger partial charge on any atom is -0.353 e. The molecule has 80 valence electrons. The van der Waals surface area contributed by atoms with E-state index < -0.39 is 0 Å². The molecule has 3 aromatic rings. The number of nitrogens with one attached hydrogen (secondary N) is 1. The third-order valence-corrected chi connectivity index (χ3v) is 2.73. The fourth-order valence-corrected chi connectivity index (χ4v) is 1.89. The molecule has 1 N–H and O–H groups in total. The molecule has 4 nitrogen and oxygen atoms in total. The monoisotopic (exact) mass is 212 g/mol. The summed E-state index contributed by atoms with van der Waals surface area (Å²) in [6.07, 6.45) is 5.54. The Hall–Kier alpha value is -2.10. The molecule has 3 rings (SSSR count). The lowest BCUT2D eigenvalue weighted by Crippen LogP contribution is -1.88. The van der Waals surface area contributed by atoms with Crippen LogP contribution in [-0.4, -0.2) is 19.5 Å². The van der Waals surface area contributed by atoms with E-state index in [-0.39, 0.29) is 0 Å². The second kappa shape index (κ2) is 3.20. The summed E-state index contributed by atoms with van der Waals surface area (Å²) in [7, 11) is 1.98. The van der Waals surface area contributed by atoms with Crippen LogP contribution >= 0.6 is 0 Å². The summed E-state index contributed by atoms with van der Waals surface area (Å²) in [5, 5.41) is 1.13. The van der Waals surface area contributed by atoms with Crippen molar-refractivity contribution in [3.63, 3.8) is 0 Å². The molecule has 3 heterocycles. The summed E-state index contributed by atoms with van der Waals surface area (Å²) in [6, 6.07) is 4.15. The molecule has 4 heteroatoms. The highest BCUT2D eigenvalue weighted by atomic mass is 15.0. The van der Waals surface area contributed by atoms with Gasteiger partial charge in [-0.1, -0.05) is 0 Å². The van der Waals surface area contributed by atoms with E-state index in [1.807, 2.05) is 30.9 Å². The largest absolute Gasteiger partial charge is 0.353 e. The van der Waals surface area contributed by atoms with E-state index in [4.69, 9.17) is 0 Å². The Morgan fingerprint density at radius 2 is 2.12 bits per heavy atom. The molecule has 0 amide bonds. The number of H-pyrrole nitrogens is 1. The van der Waals surface area contributed by atoms with Crippen LogP contribution in [0.5, 0.6) is 0 Å². The second-order valence-electron chi connectivity index (χ2n) is 3.99. The van der Waals surface area contributed by atoms with Gasteiger partial charge in [0.15, 0.2) is 0 Å². The maximum Gasteiger partial charge on any atom is 0.0948 e. The van der Waals surface area contributed by atoms with Crippen molar-refractivity contribution in [2.24, 2.45) is 7.05 Å². The van der Waals surface area contributed by atoms with Crippen LogP contribution in [0, 0.1) is 6.92 Å². The zero-order valence-electron chi connectivity index (χ0n) is 9.23. The highest BCUT2D eigenvalue weighted by molar-refractivity contribution is 5.84. The van der Waals surface area contributed by atoms with Gasteiger partial charge < -0.3 is 9.55 Å². The Morgan fingerprint density at radius 1 is 1.25 bits per heavy atom. The molecule has 0 unspecified atom stereocenters. The molecule has 0 aromatic carbocycles. The van der Waals surface area contributed by atoms with E-state index in [1.54, 1.807) is 6.33 Å². The summed E-state index contributed by atoms with van der Waals surface area (Å²) in [5.41, 5.74) is 4.28. The van der Waals surface area contributed by atoms with E-state index in [0.29, 0.717) is 0 Å². The lowest BCUT2D eigenvalue weighted by Gasteiger charge is -1.97. The maximum atomic E-state index is 4.28. The first-order valence-electron chi connectivity index (χ1n) is 5.16. The van der Waals surface area contributed by atoms with Crippen LogP contribution < -0.4 is 0 Å². The van der Waals surface area contributed by atoms with Crippen molar-refractivity contribution in [3.05, 3.63) is 36.5 Å². The van der Waals surface area contributed by atoms with Crippen molar-refractivity contribution in [3.8, 4) is 11.4 Å². The van der Waals surface area contributed by atoms with Gasteiger partial charge in [-0.15, -0.1) is 0 Å². The predicted molar refractivity (Wildman–Crippen MR) is 63.0 cm³/mol. The Bertz CT molecular complexity index is 648. The van der Waals surface area contributed by atoms with Gasteiger partial charge in [0.25, 0.3) is 0 Å². The number of imidazole rings is 1. The average molecular weight is 212 g/mol. The molecule has 0 aliphatic heterocycles. The van der Waals surface area contributed by atoms with Gasteiger partial charge in [0, 0.05) is 29.8 Å². The zero-order chi connectivity index (χ0) is 11.1. The molecule has 0 atom stereocenters. The smallest absolute Gasteiger partial charge is 0.0948 e. The van der Waals surface area contributed by atoms with Gasteiger partial charge in [0.2, 0.25) is 0 Å². The van der Waals surface area contributed by atoms with Crippen LogP contribution in [0.15, 0.2) is 30.9 Å². The van der Waals surface area contributed by atoms with Crippen molar-refractivity contribution >= 4 is 10.9 Å². The normalized spacial score (nSPS) is 11.1. The molecule has 0 saturated carbocycles. The van der Waals surface area contributed by atoms with E-state index >= 15 is 0 Å². The van der Waals surface area contributed by atoms with Gasteiger partial charge in [-0.3, -0.25) is 4.98 Å². The minimum absolute atomic E-state index is 1.02. The zero-order valence-corrected chi connectivity index (χ0v) is 9.23. The van der Waals surface area contributed by atoms with Gasteiger partial charge >= 0.3 is 0 Å². The number of hydrogen-bond donors (Lipinski definition) is 1. The van der Waals surface area contributed by atoms with E-state index in [2.05, 4.69) is 27.1 Å². The number of nitrogens with zero attached hydrogens (tertiary/aromatic N) is 3. The summed E-state index contributed by atoms with van der Waals surface area (Å²) in [4.78, 5) is 11.8. The maximum absolute atomic E-state index is 4.28. The molecule has 0 bridgehead atoms. The van der Waals surface area contributed by atoms with E-state index in [0.717, 1.165) is 28.0 Å². The molecule has 0 aliphatic carbocycles. The number of fused-ring (bicyclic) bond motifs is 1. The molecular weight excluding hydrogens is 200 g/mol. The average Bonchev–Trinajstić information content (AvgIpc) is 2.82. The number of aryl methyl sites for hydroxylation is 2. The molecule has 0 saturated heterocycles. The van der Waals surface area contributed by atoms with Gasteiger partial charge in [-0.05, 0) is 19.1 Å². The van der Waals surface area contributed by atoms with Crippen LogP contribution in [0.3, 0.4) is 0 Å². The number of hydrogen-bond acceptors (Lipinski definition) is 2. The van der Waals surface area contributed by atoms with Gasteiger partial charge in [0.05, 0.1) is 23.9 Å². The number of rotatable bonds is 1. The van der Waals surface area contributed by atoms with Crippen LogP contribution in [0.25, 0.3) is 22.3 Å². The van der Waals surface area contributed by atoms with Crippen molar-refractivity contribution < 1.29 is 0 Å². The topological polar surface area (TPSA) is 46.5 Å². The fraction of sp³-hybridized carbons (Fsp3) is 0.167. The van der Waals surface area contributed by atoms with Crippen molar-refractivity contribution in [2.75, 3.05) is 0 Å². The molecule has 0 radical (unpaired) electrons. The van der Waals surface area contributed by atoms with Crippen LogP contribution in [0.4, 0.5) is 0 Å². The molecule has 3 aromatic heterocycles. The van der Waals surface area contributed by atoms with E-state index in [1.165, 1.54) is 0 Å². The third-order valence-electron chi connectivity index (χ3n) is 2.73. The molecule has 16 heavy (non-hydrogen) atoms. The Kier molecular flexibility index (Phi) is 1.83. The summed E-state index contributed by atoms with van der Waals surface area (Å²) < 4.78 is 1.99. The quantitative estimate of drug-likeness (QED) is 0.672. The summed E-state index contributed by atoms with van der Waals surface area (Å²) in [6.45, 7) is 1.99. The predicted octanol–water partition coefficient (Wildman–Crippen LogP) is 2.27. The Labute approximate surface area is 93.0 Å². The SMILES string of the molecule is Cc1cc2[nH]c(-c3cncn3C)cc2cn1. The fourth-order valence-electron chi connectivity index (χ4n) is 1.89. The lowest BCUT2D eigenvalue weighted by molar-refractivity contribution is 0.918. The minimum atomic E-state index is 1.02. The van der Waals surface area contributed by atoms with Gasteiger partial charge in [0.1, 0.15) is 0 Å². The summed E-state index contributed by atoms with van der Waals surface area (Å²) in [5.74, 6) is 0. The number of aromatic nitrogens is 4. The van der Waals surface area contributed by atoms with Gasteiger partial charge in [-0.2, -0.15) is 0 Å². The van der Waals surface area contributed by atoms with Crippen molar-refractivity contribution in [1.29, 1.82) is 0 Å².